The molecule has 0 amide bonds. The molecule has 0 saturated carbocycles. The molecule has 2 rings (SSSR count). The second-order valence-electron chi connectivity index (χ2n) is 5.21. The lowest BCUT2D eigenvalue weighted by molar-refractivity contribution is 0.0696. The molecule has 2 N–H and O–H groups in total. The van der Waals surface area contributed by atoms with E-state index >= 15 is 0 Å². The van der Waals surface area contributed by atoms with Crippen molar-refractivity contribution < 1.29 is 22.7 Å². The molecule has 7 heteroatoms. The van der Waals surface area contributed by atoms with Crippen LogP contribution in [0.15, 0.2) is 41.3 Å². The average molecular weight is 351 g/mol. The van der Waals surface area contributed by atoms with Gasteiger partial charge in [0, 0.05) is 0 Å². The lowest BCUT2D eigenvalue weighted by Gasteiger charge is -2.16. The van der Waals surface area contributed by atoms with E-state index in [2.05, 4.69) is 4.72 Å². The first kappa shape index (κ1) is 17.9. The SMILES string of the molecule is CCc1cccc(CC)c1NS(=O)(=O)c1cc(C(=O)O)ccc1F. The highest BCUT2D eigenvalue weighted by molar-refractivity contribution is 7.92. The highest BCUT2D eigenvalue weighted by Crippen LogP contribution is 2.27. The van der Waals surface area contributed by atoms with Crippen LogP contribution in [0.3, 0.4) is 0 Å². The number of aromatic carboxylic acids is 1. The number of anilines is 1. The molecule has 0 unspecified atom stereocenters. The summed E-state index contributed by atoms with van der Waals surface area (Å²) in [6, 6.07) is 8.10. The summed E-state index contributed by atoms with van der Waals surface area (Å²) >= 11 is 0. The monoisotopic (exact) mass is 351 g/mol. The Kier molecular flexibility index (Phi) is 5.23. The fourth-order valence-corrected chi connectivity index (χ4v) is 3.65. The maximum absolute atomic E-state index is 14.0. The topological polar surface area (TPSA) is 83.5 Å². The van der Waals surface area contributed by atoms with Gasteiger partial charge >= 0.3 is 5.97 Å². The third kappa shape index (κ3) is 3.56. The smallest absolute Gasteiger partial charge is 0.335 e. The molecule has 2 aromatic carbocycles. The van der Waals surface area contributed by atoms with Crippen molar-refractivity contribution in [3.8, 4) is 0 Å². The number of carbonyl (C=O) groups is 1. The number of para-hydroxylation sites is 1. The van der Waals surface area contributed by atoms with E-state index < -0.39 is 26.7 Å². The van der Waals surface area contributed by atoms with Crippen molar-refractivity contribution in [2.75, 3.05) is 4.72 Å². The molecule has 0 aromatic heterocycles. The summed E-state index contributed by atoms with van der Waals surface area (Å²) in [4.78, 5) is 10.3. The standard InChI is InChI=1S/C17H18FNO4S/c1-3-11-6-5-7-12(4-2)16(11)19-24(22,23)15-10-13(17(20)21)8-9-14(15)18/h5-10,19H,3-4H2,1-2H3,(H,20,21). The quantitative estimate of drug-likeness (QED) is 0.835. The van der Waals surface area contributed by atoms with Crippen LogP contribution in [0.25, 0.3) is 0 Å². The summed E-state index contributed by atoms with van der Waals surface area (Å²) in [6.45, 7) is 3.77. The zero-order valence-electron chi connectivity index (χ0n) is 13.3. The van der Waals surface area contributed by atoms with Crippen LogP contribution in [0.2, 0.25) is 0 Å². The Hall–Kier alpha value is -2.41. The van der Waals surface area contributed by atoms with Gasteiger partial charge in [-0.1, -0.05) is 32.0 Å². The zero-order chi connectivity index (χ0) is 17.9. The number of aryl methyl sites for hydroxylation is 2. The molecule has 5 nitrogen and oxygen atoms in total. The summed E-state index contributed by atoms with van der Waals surface area (Å²) in [7, 11) is -4.25. The first-order valence-electron chi connectivity index (χ1n) is 7.46. The second-order valence-corrected chi connectivity index (χ2v) is 6.87. The van der Waals surface area contributed by atoms with E-state index in [-0.39, 0.29) is 5.56 Å². The van der Waals surface area contributed by atoms with E-state index in [0.717, 1.165) is 29.3 Å². The van der Waals surface area contributed by atoms with Crippen LogP contribution in [-0.4, -0.2) is 19.5 Å². The van der Waals surface area contributed by atoms with E-state index in [0.29, 0.717) is 18.5 Å². The Morgan fingerprint density at radius 2 is 1.71 bits per heavy atom. The molecule has 128 valence electrons. The molecule has 0 saturated heterocycles. The van der Waals surface area contributed by atoms with Gasteiger partial charge in [-0.05, 0) is 42.2 Å². The molecule has 0 heterocycles. The van der Waals surface area contributed by atoms with E-state index in [4.69, 9.17) is 5.11 Å². The van der Waals surface area contributed by atoms with Gasteiger partial charge in [-0.2, -0.15) is 0 Å². The van der Waals surface area contributed by atoms with Gasteiger partial charge in [-0.3, -0.25) is 4.72 Å². The maximum atomic E-state index is 14.0. The minimum atomic E-state index is -4.25. The molecule has 0 fully saturated rings. The lowest BCUT2D eigenvalue weighted by Crippen LogP contribution is -2.17. The van der Waals surface area contributed by atoms with Gasteiger partial charge in [0.05, 0.1) is 11.3 Å². The second kappa shape index (κ2) is 7.00. The summed E-state index contributed by atoms with van der Waals surface area (Å²) in [5.41, 5.74) is 1.69. The summed E-state index contributed by atoms with van der Waals surface area (Å²) in [5, 5.41) is 8.98. The number of hydrogen-bond acceptors (Lipinski definition) is 3. The van der Waals surface area contributed by atoms with Crippen molar-refractivity contribution in [1.82, 2.24) is 0 Å². The van der Waals surface area contributed by atoms with Crippen molar-refractivity contribution in [1.29, 1.82) is 0 Å². The fourth-order valence-electron chi connectivity index (χ4n) is 2.41. The number of benzene rings is 2. The first-order chi connectivity index (χ1) is 11.3. The number of halogens is 1. The lowest BCUT2D eigenvalue weighted by atomic mass is 10.0. The molecular weight excluding hydrogens is 333 g/mol. The van der Waals surface area contributed by atoms with Gasteiger partial charge in [0.2, 0.25) is 0 Å². The Morgan fingerprint density at radius 1 is 1.12 bits per heavy atom. The Bertz CT molecular complexity index is 856. The number of sulfonamides is 1. The summed E-state index contributed by atoms with van der Waals surface area (Å²) in [6.07, 6.45) is 1.20. The molecule has 0 radical (unpaired) electrons. The summed E-state index contributed by atoms with van der Waals surface area (Å²) in [5.74, 6) is -2.32. The van der Waals surface area contributed by atoms with Crippen LogP contribution in [0.4, 0.5) is 10.1 Å². The van der Waals surface area contributed by atoms with Gasteiger partial charge in [-0.15, -0.1) is 0 Å². The highest BCUT2D eigenvalue weighted by Gasteiger charge is 2.23. The molecule has 0 bridgehead atoms. The van der Waals surface area contributed by atoms with Crippen LogP contribution in [0.1, 0.15) is 35.3 Å². The number of hydrogen-bond donors (Lipinski definition) is 2. The molecule has 0 atom stereocenters. The Labute approximate surface area is 140 Å². The minimum Gasteiger partial charge on any atom is -0.478 e. The number of rotatable bonds is 6. The normalized spacial score (nSPS) is 11.3. The van der Waals surface area contributed by atoms with Gasteiger partial charge in [0.15, 0.2) is 0 Å². The van der Waals surface area contributed by atoms with Crippen molar-refractivity contribution in [2.24, 2.45) is 0 Å². The first-order valence-corrected chi connectivity index (χ1v) is 8.94. The highest BCUT2D eigenvalue weighted by atomic mass is 32.2. The predicted octanol–water partition coefficient (Wildman–Crippen LogP) is 3.45. The predicted molar refractivity (Wildman–Crippen MR) is 89.4 cm³/mol. The molecular formula is C17H18FNO4S. The zero-order valence-corrected chi connectivity index (χ0v) is 14.2. The Morgan fingerprint density at radius 3 is 2.21 bits per heavy atom. The molecule has 0 spiro atoms. The Balaban J connectivity index is 2.54. The van der Waals surface area contributed by atoms with E-state index in [9.17, 15) is 17.6 Å². The number of carboxylic acids is 1. The molecule has 0 aliphatic carbocycles. The largest absolute Gasteiger partial charge is 0.478 e. The maximum Gasteiger partial charge on any atom is 0.335 e. The van der Waals surface area contributed by atoms with Gasteiger partial charge in [0.1, 0.15) is 10.7 Å². The van der Waals surface area contributed by atoms with Gasteiger partial charge in [-0.25, -0.2) is 17.6 Å². The van der Waals surface area contributed by atoms with E-state index in [1.807, 2.05) is 19.9 Å². The van der Waals surface area contributed by atoms with E-state index in [1.165, 1.54) is 0 Å². The number of carboxylic acid groups (broad SMARTS) is 1. The van der Waals surface area contributed by atoms with E-state index in [1.54, 1.807) is 12.1 Å². The average Bonchev–Trinajstić information content (AvgIpc) is 2.54. The third-order valence-electron chi connectivity index (χ3n) is 3.70. The van der Waals surface area contributed by atoms with Crippen molar-refractivity contribution in [2.45, 2.75) is 31.6 Å². The van der Waals surface area contributed by atoms with Gasteiger partial charge in [0.25, 0.3) is 10.0 Å². The van der Waals surface area contributed by atoms with Crippen LogP contribution in [0, 0.1) is 5.82 Å². The minimum absolute atomic E-state index is 0.295. The molecule has 0 aliphatic rings. The molecule has 0 aliphatic heterocycles. The summed E-state index contributed by atoms with van der Waals surface area (Å²) < 4.78 is 41.6. The third-order valence-corrected chi connectivity index (χ3v) is 5.07. The van der Waals surface area contributed by atoms with Crippen molar-refractivity contribution in [3.05, 3.63) is 58.9 Å². The van der Waals surface area contributed by atoms with Crippen molar-refractivity contribution >= 4 is 21.7 Å². The fraction of sp³-hybridized carbons (Fsp3) is 0.235. The van der Waals surface area contributed by atoms with Crippen LogP contribution < -0.4 is 4.72 Å². The molecule has 24 heavy (non-hydrogen) atoms. The molecule has 2 aromatic rings. The van der Waals surface area contributed by atoms with Crippen LogP contribution >= 0.6 is 0 Å². The van der Waals surface area contributed by atoms with Crippen LogP contribution in [0.5, 0.6) is 0 Å². The van der Waals surface area contributed by atoms with Crippen LogP contribution in [-0.2, 0) is 22.9 Å². The van der Waals surface area contributed by atoms with Gasteiger partial charge < -0.3 is 5.11 Å². The number of nitrogens with one attached hydrogen (secondary N) is 1. The van der Waals surface area contributed by atoms with Crippen molar-refractivity contribution in [3.63, 3.8) is 0 Å².